The Morgan fingerprint density at radius 3 is 2.50 bits per heavy atom. The van der Waals surface area contributed by atoms with Gasteiger partial charge in [-0.15, -0.1) is 0 Å². The molecule has 0 amide bonds. The van der Waals surface area contributed by atoms with Crippen LogP contribution in [0, 0.1) is 18.7 Å². The van der Waals surface area contributed by atoms with E-state index in [1.165, 1.54) is 5.57 Å². The average molecular weight is 331 g/mol. The molecule has 1 aliphatic rings. The summed E-state index contributed by atoms with van der Waals surface area (Å²) in [6, 6.07) is 5.29. The first kappa shape index (κ1) is 18.5. The van der Waals surface area contributed by atoms with Gasteiger partial charge in [-0.2, -0.15) is 0 Å². The van der Waals surface area contributed by atoms with Crippen molar-refractivity contribution in [3.8, 4) is 0 Å². The fraction of sp³-hybridized carbons (Fsp3) is 0.500. The molecule has 1 heterocycles. The second-order valence-corrected chi connectivity index (χ2v) is 6.85. The lowest BCUT2D eigenvalue weighted by atomic mass is 10.0. The van der Waals surface area contributed by atoms with Gasteiger partial charge in [-0.3, -0.25) is 15.3 Å². The topological polar surface area (TPSA) is 18.5 Å². The van der Waals surface area contributed by atoms with Crippen molar-refractivity contribution < 1.29 is 4.39 Å². The van der Waals surface area contributed by atoms with Crippen molar-refractivity contribution >= 4 is 5.70 Å². The van der Waals surface area contributed by atoms with E-state index in [0.717, 1.165) is 37.4 Å². The van der Waals surface area contributed by atoms with Crippen LogP contribution in [0.4, 0.5) is 4.39 Å². The molecule has 0 radical (unpaired) electrons. The summed E-state index contributed by atoms with van der Waals surface area (Å²) >= 11 is 0. The molecule has 0 atom stereocenters. The van der Waals surface area contributed by atoms with Gasteiger partial charge < -0.3 is 0 Å². The summed E-state index contributed by atoms with van der Waals surface area (Å²) in [6.07, 6.45) is 4.38. The van der Waals surface area contributed by atoms with Gasteiger partial charge in [0.25, 0.3) is 0 Å². The second kappa shape index (κ2) is 8.34. The summed E-state index contributed by atoms with van der Waals surface area (Å²) in [5.41, 5.74) is 7.46. The number of halogens is 1. The minimum absolute atomic E-state index is 0.159. The summed E-state index contributed by atoms with van der Waals surface area (Å²) in [5, 5.41) is 2.15. The van der Waals surface area contributed by atoms with Crippen LogP contribution in [0.15, 0.2) is 36.0 Å². The van der Waals surface area contributed by atoms with Crippen LogP contribution in [0.1, 0.15) is 38.8 Å². The zero-order valence-corrected chi connectivity index (χ0v) is 15.6. The van der Waals surface area contributed by atoms with Crippen molar-refractivity contribution in [1.82, 2.24) is 15.3 Å². The first-order valence-corrected chi connectivity index (χ1v) is 8.87. The predicted octanol–water partition coefficient (Wildman–Crippen LogP) is 4.18. The molecule has 0 unspecified atom stereocenters. The van der Waals surface area contributed by atoms with E-state index in [9.17, 15) is 4.39 Å². The van der Waals surface area contributed by atoms with Gasteiger partial charge >= 0.3 is 0 Å². The third-order valence-corrected chi connectivity index (χ3v) is 4.25. The van der Waals surface area contributed by atoms with Crippen molar-refractivity contribution in [2.45, 2.75) is 34.6 Å². The van der Waals surface area contributed by atoms with E-state index >= 15 is 0 Å². The van der Waals surface area contributed by atoms with Gasteiger partial charge in [0.2, 0.25) is 0 Å². The highest BCUT2D eigenvalue weighted by atomic mass is 19.1. The van der Waals surface area contributed by atoms with Crippen molar-refractivity contribution in [2.24, 2.45) is 5.92 Å². The van der Waals surface area contributed by atoms with E-state index in [-0.39, 0.29) is 5.82 Å². The highest BCUT2D eigenvalue weighted by Crippen LogP contribution is 2.22. The Morgan fingerprint density at radius 2 is 1.92 bits per heavy atom. The normalized spacial score (nSPS) is 14.8. The molecule has 0 saturated heterocycles. The molecule has 132 valence electrons. The molecule has 0 bridgehead atoms. The smallest absolute Gasteiger partial charge is 0.126 e. The van der Waals surface area contributed by atoms with E-state index in [4.69, 9.17) is 0 Å². The van der Waals surface area contributed by atoms with Gasteiger partial charge in [0.15, 0.2) is 0 Å². The van der Waals surface area contributed by atoms with Crippen molar-refractivity contribution in [3.63, 3.8) is 0 Å². The number of nitrogens with zero attached hydrogens (tertiary/aromatic N) is 2. The van der Waals surface area contributed by atoms with E-state index in [0.29, 0.717) is 11.5 Å². The Balaban J connectivity index is 2.29. The predicted molar refractivity (Wildman–Crippen MR) is 99.7 cm³/mol. The number of likely N-dealkylation sites (N-methyl/N-ethyl adjacent to an activating group) is 1. The molecule has 1 aliphatic heterocycles. The Kier molecular flexibility index (Phi) is 6.44. The van der Waals surface area contributed by atoms with E-state index in [2.05, 4.69) is 55.3 Å². The van der Waals surface area contributed by atoms with Gasteiger partial charge in [-0.25, -0.2) is 4.39 Å². The maximum atomic E-state index is 13.6. The van der Waals surface area contributed by atoms with Gasteiger partial charge in [0.1, 0.15) is 5.82 Å². The number of hydrazine groups is 1. The molecule has 1 aromatic rings. The Morgan fingerprint density at radius 1 is 1.21 bits per heavy atom. The standard InChI is InChI=1S/C20H30FN3/c1-6-23(7-2)13-17-11-20(22-24(14-17)12-15(3)4)18-8-9-19(21)16(5)10-18/h8-11,14-15,22H,6-7,12-13H2,1-5H3. The Hall–Kier alpha value is -1.81. The molecular weight excluding hydrogens is 301 g/mol. The fourth-order valence-corrected chi connectivity index (χ4v) is 2.89. The van der Waals surface area contributed by atoms with Gasteiger partial charge in [0.05, 0.1) is 5.70 Å². The van der Waals surface area contributed by atoms with Crippen molar-refractivity contribution in [1.29, 1.82) is 0 Å². The maximum Gasteiger partial charge on any atom is 0.126 e. The van der Waals surface area contributed by atoms with Crippen LogP contribution in [0.5, 0.6) is 0 Å². The molecule has 0 fully saturated rings. The number of hydrogen-bond donors (Lipinski definition) is 1. The quantitative estimate of drug-likeness (QED) is 0.809. The van der Waals surface area contributed by atoms with Gasteiger partial charge in [-0.1, -0.05) is 27.7 Å². The Bertz CT molecular complexity index is 615. The van der Waals surface area contributed by atoms with Crippen LogP contribution in [0.3, 0.4) is 0 Å². The SMILES string of the molecule is CCN(CC)CC1=CN(CC(C)C)NC(c2ccc(F)c(C)c2)=C1. The Labute approximate surface area is 145 Å². The zero-order valence-electron chi connectivity index (χ0n) is 15.6. The summed E-state index contributed by atoms with van der Waals surface area (Å²) < 4.78 is 13.6. The molecule has 3 nitrogen and oxygen atoms in total. The van der Waals surface area contributed by atoms with Crippen LogP contribution in [0.25, 0.3) is 5.70 Å². The molecular formula is C20H30FN3. The molecule has 1 aromatic carbocycles. The molecule has 0 aliphatic carbocycles. The summed E-state index contributed by atoms with van der Waals surface area (Å²) in [4.78, 5) is 2.40. The lowest BCUT2D eigenvalue weighted by Gasteiger charge is -2.32. The van der Waals surface area contributed by atoms with Gasteiger partial charge in [-0.05, 0) is 66.9 Å². The minimum Gasteiger partial charge on any atom is -0.300 e. The first-order valence-electron chi connectivity index (χ1n) is 8.87. The average Bonchev–Trinajstić information content (AvgIpc) is 2.54. The fourth-order valence-electron chi connectivity index (χ4n) is 2.89. The number of hydrogen-bond acceptors (Lipinski definition) is 3. The minimum atomic E-state index is -0.159. The highest BCUT2D eigenvalue weighted by Gasteiger charge is 2.16. The van der Waals surface area contributed by atoms with Crippen molar-refractivity contribution in [3.05, 3.63) is 53.0 Å². The summed E-state index contributed by atoms with van der Waals surface area (Å²) in [7, 11) is 0. The first-order chi connectivity index (χ1) is 11.4. The molecule has 4 heteroatoms. The van der Waals surface area contributed by atoms with Crippen molar-refractivity contribution in [2.75, 3.05) is 26.2 Å². The third kappa shape index (κ3) is 4.84. The third-order valence-electron chi connectivity index (χ3n) is 4.25. The molecule has 0 aromatic heterocycles. The second-order valence-electron chi connectivity index (χ2n) is 6.85. The van der Waals surface area contributed by atoms with Crippen LogP contribution >= 0.6 is 0 Å². The molecule has 0 saturated carbocycles. The number of aryl methyl sites for hydroxylation is 1. The number of nitrogens with one attached hydrogen (secondary N) is 1. The van der Waals surface area contributed by atoms with E-state index in [1.54, 1.807) is 13.0 Å². The molecule has 2 rings (SSSR count). The largest absolute Gasteiger partial charge is 0.300 e. The maximum absolute atomic E-state index is 13.6. The lowest BCUT2D eigenvalue weighted by molar-refractivity contribution is 0.274. The summed E-state index contributed by atoms with van der Waals surface area (Å²) in [5.74, 6) is 0.394. The monoisotopic (exact) mass is 331 g/mol. The summed E-state index contributed by atoms with van der Waals surface area (Å²) in [6.45, 7) is 14.5. The zero-order chi connectivity index (χ0) is 17.7. The van der Waals surface area contributed by atoms with Gasteiger partial charge in [0, 0.05) is 19.3 Å². The highest BCUT2D eigenvalue weighted by molar-refractivity contribution is 5.68. The van der Waals surface area contributed by atoms with Crippen LogP contribution in [0.2, 0.25) is 0 Å². The number of benzene rings is 1. The van der Waals surface area contributed by atoms with E-state index < -0.39 is 0 Å². The van der Waals surface area contributed by atoms with Crippen LogP contribution < -0.4 is 5.43 Å². The molecule has 0 spiro atoms. The van der Waals surface area contributed by atoms with Crippen LogP contribution in [-0.4, -0.2) is 36.1 Å². The molecule has 1 N–H and O–H groups in total. The van der Waals surface area contributed by atoms with E-state index in [1.807, 2.05) is 12.1 Å². The lowest BCUT2D eigenvalue weighted by Crippen LogP contribution is -2.38. The van der Waals surface area contributed by atoms with Crippen LogP contribution in [-0.2, 0) is 0 Å². The number of rotatable bonds is 7. The molecule has 24 heavy (non-hydrogen) atoms.